The highest BCUT2D eigenvalue weighted by Crippen LogP contribution is 2.00. The minimum Gasteiger partial charge on any atom is -0.469 e. The Bertz CT molecular complexity index is 414. The van der Waals surface area contributed by atoms with Crippen molar-refractivity contribution in [2.24, 2.45) is 4.99 Å². The number of guanidine groups is 1. The molecule has 1 aliphatic rings. The van der Waals surface area contributed by atoms with Crippen LogP contribution in [0.5, 0.6) is 0 Å². The number of nitrogens with zero attached hydrogens (tertiary/aromatic N) is 2. The summed E-state index contributed by atoms with van der Waals surface area (Å²) >= 11 is 0. The Labute approximate surface area is 132 Å². The molecule has 6 heteroatoms. The van der Waals surface area contributed by atoms with E-state index in [-0.39, 0.29) is 0 Å². The first-order chi connectivity index (χ1) is 10.9. The average molecular weight is 308 g/mol. The molecule has 0 radical (unpaired) electrons. The molecule has 0 unspecified atom stereocenters. The quantitative estimate of drug-likeness (QED) is 0.428. The molecule has 0 spiro atoms. The van der Waals surface area contributed by atoms with Crippen molar-refractivity contribution >= 4 is 5.96 Å². The second kappa shape index (κ2) is 10.2. The van der Waals surface area contributed by atoms with Gasteiger partial charge in [0, 0.05) is 39.6 Å². The second-order valence-electron chi connectivity index (χ2n) is 5.42. The van der Waals surface area contributed by atoms with Crippen LogP contribution in [-0.4, -0.2) is 63.8 Å². The number of furan rings is 1. The van der Waals surface area contributed by atoms with Gasteiger partial charge < -0.3 is 19.8 Å². The number of hydrogen-bond donors (Lipinski definition) is 2. The summed E-state index contributed by atoms with van der Waals surface area (Å²) in [6, 6.07) is 3.90. The van der Waals surface area contributed by atoms with Gasteiger partial charge in [-0.15, -0.1) is 0 Å². The maximum Gasteiger partial charge on any atom is 0.190 e. The van der Waals surface area contributed by atoms with Gasteiger partial charge in [0.05, 0.1) is 19.5 Å². The summed E-state index contributed by atoms with van der Waals surface area (Å²) in [5, 5.41) is 6.65. The maximum atomic E-state index is 5.35. The van der Waals surface area contributed by atoms with E-state index in [2.05, 4.69) is 20.5 Å². The number of morpholine rings is 1. The molecule has 1 fully saturated rings. The van der Waals surface area contributed by atoms with Crippen LogP contribution >= 0.6 is 0 Å². The lowest BCUT2D eigenvalue weighted by Crippen LogP contribution is -2.39. The fourth-order valence-electron chi connectivity index (χ4n) is 2.47. The van der Waals surface area contributed by atoms with Gasteiger partial charge in [0.25, 0.3) is 0 Å². The normalized spacial score (nSPS) is 16.7. The predicted molar refractivity (Wildman–Crippen MR) is 88.3 cm³/mol. The lowest BCUT2D eigenvalue weighted by atomic mass is 10.2. The number of rotatable bonds is 8. The third kappa shape index (κ3) is 6.49. The van der Waals surface area contributed by atoms with Crippen LogP contribution in [0.3, 0.4) is 0 Å². The largest absolute Gasteiger partial charge is 0.469 e. The van der Waals surface area contributed by atoms with E-state index in [0.717, 1.165) is 70.5 Å². The van der Waals surface area contributed by atoms with Crippen LogP contribution in [-0.2, 0) is 11.2 Å². The van der Waals surface area contributed by atoms with E-state index in [0.29, 0.717) is 0 Å². The van der Waals surface area contributed by atoms with E-state index in [1.165, 1.54) is 6.42 Å². The molecular formula is C16H28N4O2. The molecule has 2 heterocycles. The van der Waals surface area contributed by atoms with Crippen molar-refractivity contribution in [1.29, 1.82) is 0 Å². The molecule has 1 aliphatic heterocycles. The monoisotopic (exact) mass is 308 g/mol. The molecule has 124 valence electrons. The third-order valence-corrected chi connectivity index (χ3v) is 3.76. The van der Waals surface area contributed by atoms with Crippen molar-refractivity contribution in [3.05, 3.63) is 24.2 Å². The highest BCUT2D eigenvalue weighted by molar-refractivity contribution is 5.79. The molecule has 0 bridgehead atoms. The highest BCUT2D eigenvalue weighted by Gasteiger charge is 2.09. The molecule has 6 nitrogen and oxygen atoms in total. The van der Waals surface area contributed by atoms with Gasteiger partial charge in [-0.1, -0.05) is 0 Å². The molecular weight excluding hydrogens is 280 g/mol. The summed E-state index contributed by atoms with van der Waals surface area (Å²) < 4.78 is 10.7. The molecule has 2 N–H and O–H groups in total. The van der Waals surface area contributed by atoms with Gasteiger partial charge in [0.1, 0.15) is 5.76 Å². The van der Waals surface area contributed by atoms with Crippen molar-refractivity contribution in [3.8, 4) is 0 Å². The van der Waals surface area contributed by atoms with Gasteiger partial charge in [-0.25, -0.2) is 0 Å². The molecule has 0 saturated carbocycles. The van der Waals surface area contributed by atoms with E-state index in [1.807, 2.05) is 12.1 Å². The topological polar surface area (TPSA) is 62.0 Å². The van der Waals surface area contributed by atoms with Crippen LogP contribution in [0.15, 0.2) is 27.8 Å². The Morgan fingerprint density at radius 3 is 2.77 bits per heavy atom. The van der Waals surface area contributed by atoms with Gasteiger partial charge >= 0.3 is 0 Å². The zero-order chi connectivity index (χ0) is 15.5. The fourth-order valence-corrected chi connectivity index (χ4v) is 2.47. The first-order valence-corrected chi connectivity index (χ1v) is 8.15. The Morgan fingerprint density at radius 1 is 1.23 bits per heavy atom. The minimum atomic E-state index is 0.820. The van der Waals surface area contributed by atoms with Crippen molar-refractivity contribution in [2.75, 3.05) is 53.0 Å². The smallest absolute Gasteiger partial charge is 0.190 e. The van der Waals surface area contributed by atoms with Gasteiger partial charge in [-0.2, -0.15) is 0 Å². The number of ether oxygens (including phenoxy) is 1. The van der Waals surface area contributed by atoms with Crippen LogP contribution in [0.4, 0.5) is 0 Å². The summed E-state index contributed by atoms with van der Waals surface area (Å²) in [6.07, 6.45) is 4.92. The van der Waals surface area contributed by atoms with Gasteiger partial charge in [-0.3, -0.25) is 9.89 Å². The van der Waals surface area contributed by atoms with E-state index in [9.17, 15) is 0 Å². The Balaban J connectivity index is 1.48. The van der Waals surface area contributed by atoms with E-state index >= 15 is 0 Å². The Kier molecular flexibility index (Phi) is 7.83. The lowest BCUT2D eigenvalue weighted by molar-refractivity contribution is 0.0372. The predicted octanol–water partition coefficient (Wildman–Crippen LogP) is 1.10. The highest BCUT2D eigenvalue weighted by atomic mass is 16.5. The van der Waals surface area contributed by atoms with Crippen molar-refractivity contribution in [2.45, 2.75) is 19.3 Å². The van der Waals surface area contributed by atoms with Gasteiger partial charge in [-0.05, 0) is 31.5 Å². The van der Waals surface area contributed by atoms with E-state index in [1.54, 1.807) is 13.3 Å². The zero-order valence-electron chi connectivity index (χ0n) is 13.5. The number of nitrogens with one attached hydrogen (secondary N) is 2. The maximum absolute atomic E-state index is 5.35. The van der Waals surface area contributed by atoms with Gasteiger partial charge in [0.15, 0.2) is 5.96 Å². The zero-order valence-corrected chi connectivity index (χ0v) is 13.5. The van der Waals surface area contributed by atoms with Gasteiger partial charge in [0.2, 0.25) is 0 Å². The Hall–Kier alpha value is -1.53. The number of unbranched alkanes of at least 4 members (excludes halogenated alkanes) is 1. The minimum absolute atomic E-state index is 0.820. The number of hydrogen-bond acceptors (Lipinski definition) is 4. The third-order valence-electron chi connectivity index (χ3n) is 3.76. The van der Waals surface area contributed by atoms with Crippen LogP contribution in [0.1, 0.15) is 18.6 Å². The summed E-state index contributed by atoms with van der Waals surface area (Å²) in [5.41, 5.74) is 0. The first kappa shape index (κ1) is 16.8. The molecule has 1 aromatic heterocycles. The summed E-state index contributed by atoms with van der Waals surface area (Å²) in [5.74, 6) is 1.85. The summed E-state index contributed by atoms with van der Waals surface area (Å²) in [7, 11) is 1.80. The fraction of sp³-hybridized carbons (Fsp3) is 0.688. The van der Waals surface area contributed by atoms with Crippen LogP contribution in [0.25, 0.3) is 0 Å². The van der Waals surface area contributed by atoms with Crippen molar-refractivity contribution in [1.82, 2.24) is 15.5 Å². The molecule has 1 aromatic rings. The van der Waals surface area contributed by atoms with E-state index in [4.69, 9.17) is 9.15 Å². The van der Waals surface area contributed by atoms with Crippen LogP contribution in [0, 0.1) is 0 Å². The first-order valence-electron chi connectivity index (χ1n) is 8.15. The molecule has 2 rings (SSSR count). The molecule has 22 heavy (non-hydrogen) atoms. The number of aliphatic imine (C=N–C) groups is 1. The molecule has 0 aliphatic carbocycles. The second-order valence-corrected chi connectivity index (χ2v) is 5.42. The van der Waals surface area contributed by atoms with Crippen LogP contribution in [0.2, 0.25) is 0 Å². The molecule has 0 amide bonds. The Morgan fingerprint density at radius 2 is 2.05 bits per heavy atom. The SMILES string of the molecule is CN=C(NCCCCN1CCOCC1)NCCc1ccco1. The standard InChI is InChI=1S/C16H28N4O2/c1-17-16(19-8-6-15-5-4-12-22-15)18-7-2-3-9-20-10-13-21-14-11-20/h4-5,12H,2-3,6-11,13-14H2,1H3,(H2,17,18,19). The average Bonchev–Trinajstić information content (AvgIpc) is 3.07. The summed E-state index contributed by atoms with van der Waals surface area (Å²) in [4.78, 5) is 6.70. The molecule has 0 atom stereocenters. The van der Waals surface area contributed by atoms with Crippen molar-refractivity contribution < 1.29 is 9.15 Å². The molecule has 0 aromatic carbocycles. The lowest BCUT2D eigenvalue weighted by Gasteiger charge is -2.26. The summed E-state index contributed by atoms with van der Waals surface area (Å²) in [6.45, 7) is 6.84. The van der Waals surface area contributed by atoms with Crippen LogP contribution < -0.4 is 10.6 Å². The molecule has 1 saturated heterocycles. The van der Waals surface area contributed by atoms with E-state index < -0.39 is 0 Å². The van der Waals surface area contributed by atoms with Crippen molar-refractivity contribution in [3.63, 3.8) is 0 Å².